The molecule has 1 saturated carbocycles. The molecule has 0 N–H and O–H groups in total. The van der Waals surface area contributed by atoms with Crippen molar-refractivity contribution in [3.8, 4) is 0 Å². The average molecular weight is 255 g/mol. The maximum atomic E-state index is 12.7. The first-order valence-electron chi connectivity index (χ1n) is 6.58. The zero-order chi connectivity index (χ0) is 13.2. The van der Waals surface area contributed by atoms with E-state index in [4.69, 9.17) is 0 Å². The highest BCUT2D eigenvalue weighted by molar-refractivity contribution is 5.83. The van der Waals surface area contributed by atoms with Crippen LogP contribution in [0.15, 0.2) is 48.8 Å². The number of aromatic nitrogens is 2. The van der Waals surface area contributed by atoms with Crippen LogP contribution in [-0.2, 0) is 4.79 Å². The minimum atomic E-state index is -0.359. The number of carbonyl (C=O) groups excluding carboxylic acids is 1. The van der Waals surface area contributed by atoms with E-state index in [1.165, 1.54) is 0 Å². The second-order valence-corrected chi connectivity index (χ2v) is 4.98. The predicted octanol–water partition coefficient (Wildman–Crippen LogP) is 2.09. The van der Waals surface area contributed by atoms with Gasteiger partial charge in [-0.25, -0.2) is 0 Å². The summed E-state index contributed by atoms with van der Waals surface area (Å²) in [6, 6.07) is 11.7. The minimum absolute atomic E-state index is 0.109. The highest BCUT2D eigenvalue weighted by atomic mass is 16.2. The van der Waals surface area contributed by atoms with Crippen molar-refractivity contribution in [3.05, 3.63) is 54.4 Å². The lowest BCUT2D eigenvalue weighted by Crippen LogP contribution is -2.36. The first kappa shape index (κ1) is 12.0. The van der Waals surface area contributed by atoms with Gasteiger partial charge in [-0.05, 0) is 24.5 Å². The fourth-order valence-electron chi connectivity index (χ4n) is 2.31. The number of hydrogen-bond donors (Lipinski definition) is 0. The van der Waals surface area contributed by atoms with E-state index >= 15 is 0 Å². The Morgan fingerprint density at radius 1 is 1.32 bits per heavy atom. The Bertz CT molecular complexity index is 546. The highest BCUT2D eigenvalue weighted by Crippen LogP contribution is 2.29. The van der Waals surface area contributed by atoms with Crippen molar-refractivity contribution >= 4 is 5.91 Å². The fraction of sp³-hybridized carbons (Fsp3) is 0.333. The van der Waals surface area contributed by atoms with Crippen molar-refractivity contribution in [1.29, 1.82) is 0 Å². The van der Waals surface area contributed by atoms with Gasteiger partial charge in [0.15, 0.2) is 6.04 Å². The van der Waals surface area contributed by atoms with Crippen molar-refractivity contribution in [2.24, 2.45) is 0 Å². The van der Waals surface area contributed by atoms with E-state index in [1.54, 1.807) is 10.9 Å². The zero-order valence-electron chi connectivity index (χ0n) is 10.9. The van der Waals surface area contributed by atoms with Crippen molar-refractivity contribution in [2.75, 3.05) is 7.05 Å². The van der Waals surface area contributed by atoms with Crippen LogP contribution in [0.5, 0.6) is 0 Å². The van der Waals surface area contributed by atoms with Gasteiger partial charge in [-0.2, -0.15) is 5.10 Å². The van der Waals surface area contributed by atoms with Crippen LogP contribution in [0.25, 0.3) is 0 Å². The number of likely N-dealkylation sites (N-methyl/N-ethyl adjacent to an activating group) is 1. The van der Waals surface area contributed by atoms with Gasteiger partial charge in [-0.1, -0.05) is 30.3 Å². The number of rotatable bonds is 4. The summed E-state index contributed by atoms with van der Waals surface area (Å²) in [5.74, 6) is 0.109. The molecule has 19 heavy (non-hydrogen) atoms. The number of nitrogens with zero attached hydrogens (tertiary/aromatic N) is 3. The molecule has 0 radical (unpaired) electrons. The molecule has 1 fully saturated rings. The maximum Gasteiger partial charge on any atom is 0.252 e. The molecule has 1 heterocycles. The van der Waals surface area contributed by atoms with E-state index in [2.05, 4.69) is 5.10 Å². The molecule has 3 rings (SSSR count). The molecule has 98 valence electrons. The smallest absolute Gasteiger partial charge is 0.252 e. The van der Waals surface area contributed by atoms with Gasteiger partial charge < -0.3 is 4.90 Å². The zero-order valence-corrected chi connectivity index (χ0v) is 10.9. The Hall–Kier alpha value is -2.10. The first-order chi connectivity index (χ1) is 9.27. The number of carbonyl (C=O) groups is 1. The molecule has 1 unspecified atom stereocenters. The van der Waals surface area contributed by atoms with E-state index in [9.17, 15) is 4.79 Å². The van der Waals surface area contributed by atoms with Crippen LogP contribution in [-0.4, -0.2) is 33.7 Å². The van der Waals surface area contributed by atoms with E-state index in [0.717, 1.165) is 18.4 Å². The molecule has 1 amide bonds. The first-order valence-corrected chi connectivity index (χ1v) is 6.58. The minimum Gasteiger partial charge on any atom is -0.341 e. The van der Waals surface area contributed by atoms with Crippen molar-refractivity contribution < 1.29 is 4.79 Å². The largest absolute Gasteiger partial charge is 0.341 e. The van der Waals surface area contributed by atoms with Crippen molar-refractivity contribution in [2.45, 2.75) is 24.9 Å². The SMILES string of the molecule is CN(C(=O)C(c1ccccc1)n1cccn1)C1CC1. The topological polar surface area (TPSA) is 38.1 Å². The highest BCUT2D eigenvalue weighted by Gasteiger charge is 2.34. The lowest BCUT2D eigenvalue weighted by atomic mass is 10.1. The van der Waals surface area contributed by atoms with Gasteiger partial charge in [0.05, 0.1) is 0 Å². The summed E-state index contributed by atoms with van der Waals surface area (Å²) >= 11 is 0. The van der Waals surface area contributed by atoms with Crippen LogP contribution < -0.4 is 0 Å². The molecule has 1 atom stereocenters. The molecular weight excluding hydrogens is 238 g/mol. The van der Waals surface area contributed by atoms with Gasteiger partial charge in [-0.3, -0.25) is 9.48 Å². The van der Waals surface area contributed by atoms with Crippen LogP contribution in [0, 0.1) is 0 Å². The third-order valence-electron chi connectivity index (χ3n) is 3.58. The molecule has 4 nitrogen and oxygen atoms in total. The Kier molecular flexibility index (Phi) is 3.07. The predicted molar refractivity (Wildman–Crippen MR) is 72.6 cm³/mol. The van der Waals surface area contributed by atoms with Crippen LogP contribution >= 0.6 is 0 Å². The Morgan fingerprint density at radius 3 is 2.63 bits per heavy atom. The van der Waals surface area contributed by atoms with E-state index in [1.807, 2.05) is 54.5 Å². The molecule has 1 aromatic heterocycles. The van der Waals surface area contributed by atoms with E-state index in [0.29, 0.717) is 6.04 Å². The average Bonchev–Trinajstić information content (AvgIpc) is 3.17. The van der Waals surface area contributed by atoms with Crippen LogP contribution in [0.1, 0.15) is 24.4 Å². The van der Waals surface area contributed by atoms with Crippen molar-refractivity contribution in [3.63, 3.8) is 0 Å². The molecule has 0 bridgehead atoms. The lowest BCUT2D eigenvalue weighted by molar-refractivity contribution is -0.133. The molecule has 1 aromatic carbocycles. The third-order valence-corrected chi connectivity index (χ3v) is 3.58. The standard InChI is InChI=1S/C15H17N3O/c1-17(13-8-9-13)15(19)14(18-11-5-10-16-18)12-6-3-2-4-7-12/h2-7,10-11,13-14H,8-9H2,1H3. The summed E-state index contributed by atoms with van der Waals surface area (Å²) in [4.78, 5) is 14.5. The number of benzene rings is 1. The molecule has 1 aliphatic rings. The third kappa shape index (κ3) is 2.38. The maximum absolute atomic E-state index is 12.7. The van der Waals surface area contributed by atoms with E-state index in [-0.39, 0.29) is 11.9 Å². The summed E-state index contributed by atoms with van der Waals surface area (Å²) in [6.07, 6.45) is 5.78. The molecule has 0 saturated heterocycles. The van der Waals surface area contributed by atoms with Crippen molar-refractivity contribution in [1.82, 2.24) is 14.7 Å². The monoisotopic (exact) mass is 255 g/mol. The molecule has 1 aliphatic carbocycles. The fourth-order valence-corrected chi connectivity index (χ4v) is 2.31. The Balaban J connectivity index is 1.95. The second-order valence-electron chi connectivity index (χ2n) is 4.98. The van der Waals surface area contributed by atoms with Gasteiger partial charge in [0.25, 0.3) is 5.91 Å². The normalized spacial score (nSPS) is 16.1. The van der Waals surface area contributed by atoms with Gasteiger partial charge in [-0.15, -0.1) is 0 Å². The van der Waals surface area contributed by atoms with Crippen LogP contribution in [0.3, 0.4) is 0 Å². The number of amides is 1. The van der Waals surface area contributed by atoms with Gasteiger partial charge in [0.1, 0.15) is 0 Å². The van der Waals surface area contributed by atoms with Gasteiger partial charge >= 0.3 is 0 Å². The van der Waals surface area contributed by atoms with E-state index < -0.39 is 0 Å². The summed E-state index contributed by atoms with van der Waals surface area (Å²) in [6.45, 7) is 0. The number of hydrogen-bond acceptors (Lipinski definition) is 2. The van der Waals surface area contributed by atoms with Gasteiger partial charge in [0, 0.05) is 25.5 Å². The molecule has 0 aliphatic heterocycles. The lowest BCUT2D eigenvalue weighted by Gasteiger charge is -2.24. The Morgan fingerprint density at radius 2 is 2.05 bits per heavy atom. The molecule has 2 aromatic rings. The quantitative estimate of drug-likeness (QED) is 0.839. The second kappa shape index (κ2) is 4.88. The molecular formula is C15H17N3O. The van der Waals surface area contributed by atoms with Crippen LogP contribution in [0.2, 0.25) is 0 Å². The summed E-state index contributed by atoms with van der Waals surface area (Å²) in [7, 11) is 1.89. The van der Waals surface area contributed by atoms with Gasteiger partial charge in [0.2, 0.25) is 0 Å². The summed E-state index contributed by atoms with van der Waals surface area (Å²) in [5.41, 5.74) is 0.976. The molecule has 0 spiro atoms. The summed E-state index contributed by atoms with van der Waals surface area (Å²) in [5, 5.41) is 4.25. The summed E-state index contributed by atoms with van der Waals surface area (Å²) < 4.78 is 1.73. The molecule has 4 heteroatoms. The Labute approximate surface area is 112 Å². The van der Waals surface area contributed by atoms with Crippen LogP contribution in [0.4, 0.5) is 0 Å².